The molecule has 2 fully saturated rings. The van der Waals surface area contributed by atoms with Crippen LogP contribution in [-0.4, -0.2) is 23.8 Å². The molecule has 2 nitrogen and oxygen atoms in total. The molecule has 0 radical (unpaired) electrons. The monoisotopic (exact) mass is 271 g/mol. The fraction of sp³-hybridized carbons (Fsp3) is 0.611. The quantitative estimate of drug-likeness (QED) is 0.819. The number of ketones is 1. The molecule has 1 heterocycles. The molecular formula is C18H25NO. The molecule has 1 aliphatic heterocycles. The zero-order chi connectivity index (χ0) is 14.2. The normalized spacial score (nSPS) is 35.4. The van der Waals surface area contributed by atoms with Crippen LogP contribution >= 0.6 is 0 Å². The molecule has 3 atom stereocenters. The maximum Gasteiger partial charge on any atom is 0.157 e. The molecule has 20 heavy (non-hydrogen) atoms. The number of hydrogen-bond donors (Lipinski definition) is 0. The molecule has 0 spiro atoms. The summed E-state index contributed by atoms with van der Waals surface area (Å²) in [4.78, 5) is 15.4. The smallest absolute Gasteiger partial charge is 0.157 e. The van der Waals surface area contributed by atoms with E-state index in [9.17, 15) is 4.79 Å². The second-order valence-corrected chi connectivity index (χ2v) is 6.72. The highest BCUT2D eigenvalue weighted by molar-refractivity contribution is 5.90. The molecule has 3 unspecified atom stereocenters. The Morgan fingerprint density at radius 1 is 1.05 bits per heavy atom. The average molecular weight is 271 g/mol. The third kappa shape index (κ3) is 2.10. The number of nitrogens with zero attached hydrogens (tertiary/aromatic N) is 1. The van der Waals surface area contributed by atoms with Gasteiger partial charge in [0.05, 0.1) is 0 Å². The van der Waals surface area contributed by atoms with Crippen LogP contribution in [0.25, 0.3) is 0 Å². The van der Waals surface area contributed by atoms with Gasteiger partial charge in [-0.3, -0.25) is 9.69 Å². The van der Waals surface area contributed by atoms with Gasteiger partial charge >= 0.3 is 0 Å². The van der Waals surface area contributed by atoms with Crippen LogP contribution in [0.3, 0.4) is 0 Å². The number of hydrogen-bond acceptors (Lipinski definition) is 2. The molecule has 1 saturated heterocycles. The van der Waals surface area contributed by atoms with Gasteiger partial charge in [-0.15, -0.1) is 0 Å². The van der Waals surface area contributed by atoms with Gasteiger partial charge in [-0.1, -0.05) is 50.6 Å². The Morgan fingerprint density at radius 3 is 2.30 bits per heavy atom. The Kier molecular flexibility index (Phi) is 3.68. The SMILES string of the molecule is CC1CN(C2(c3ccccc3)CCCCC2=O)CC1C. The van der Waals surface area contributed by atoms with Crippen LogP contribution in [0.15, 0.2) is 30.3 Å². The Bertz CT molecular complexity index is 473. The minimum Gasteiger partial charge on any atom is -0.297 e. The summed E-state index contributed by atoms with van der Waals surface area (Å²) in [5.74, 6) is 1.81. The first-order chi connectivity index (χ1) is 9.64. The summed E-state index contributed by atoms with van der Waals surface area (Å²) in [5.41, 5.74) is 0.879. The minimum absolute atomic E-state index is 0.335. The first-order valence-corrected chi connectivity index (χ1v) is 7.98. The molecule has 0 aromatic heterocycles. The van der Waals surface area contributed by atoms with Crippen LogP contribution in [0.5, 0.6) is 0 Å². The third-order valence-electron chi connectivity index (χ3n) is 5.43. The first kappa shape index (κ1) is 13.8. The predicted molar refractivity (Wildman–Crippen MR) is 81.5 cm³/mol. The molecule has 0 N–H and O–H groups in total. The molecule has 0 amide bonds. The molecule has 1 aromatic carbocycles. The van der Waals surface area contributed by atoms with Crippen molar-refractivity contribution in [3.8, 4) is 0 Å². The molecule has 1 saturated carbocycles. The van der Waals surface area contributed by atoms with Crippen molar-refractivity contribution in [3.63, 3.8) is 0 Å². The lowest BCUT2D eigenvalue weighted by Gasteiger charge is -2.44. The first-order valence-electron chi connectivity index (χ1n) is 7.98. The summed E-state index contributed by atoms with van der Waals surface area (Å²) in [6.07, 6.45) is 3.97. The highest BCUT2D eigenvalue weighted by atomic mass is 16.1. The van der Waals surface area contributed by atoms with E-state index in [1.54, 1.807) is 0 Å². The molecule has 2 heteroatoms. The van der Waals surface area contributed by atoms with E-state index in [-0.39, 0.29) is 5.54 Å². The van der Waals surface area contributed by atoms with Crippen molar-refractivity contribution in [3.05, 3.63) is 35.9 Å². The maximum atomic E-state index is 12.9. The highest BCUT2D eigenvalue weighted by Gasteiger charge is 2.49. The minimum atomic E-state index is -0.335. The third-order valence-corrected chi connectivity index (χ3v) is 5.43. The summed E-state index contributed by atoms with van der Waals surface area (Å²) in [5, 5.41) is 0. The number of Topliss-reactive ketones (excluding diaryl/α,β-unsaturated/α-hetero) is 1. The largest absolute Gasteiger partial charge is 0.297 e. The fourth-order valence-corrected chi connectivity index (χ4v) is 3.99. The van der Waals surface area contributed by atoms with E-state index in [0.29, 0.717) is 17.6 Å². The van der Waals surface area contributed by atoms with Crippen LogP contribution in [0.1, 0.15) is 45.1 Å². The van der Waals surface area contributed by atoms with E-state index in [1.165, 1.54) is 12.0 Å². The highest BCUT2D eigenvalue weighted by Crippen LogP contribution is 2.43. The van der Waals surface area contributed by atoms with Gasteiger partial charge in [-0.2, -0.15) is 0 Å². The van der Waals surface area contributed by atoms with Crippen molar-refractivity contribution in [2.45, 2.75) is 45.1 Å². The van der Waals surface area contributed by atoms with E-state index in [2.05, 4.69) is 43.0 Å². The van der Waals surface area contributed by atoms with Crippen LogP contribution < -0.4 is 0 Å². The van der Waals surface area contributed by atoms with E-state index >= 15 is 0 Å². The predicted octanol–water partition coefficient (Wildman–Crippen LogP) is 3.61. The number of carbonyl (C=O) groups is 1. The van der Waals surface area contributed by atoms with Crippen LogP contribution in [-0.2, 0) is 10.3 Å². The van der Waals surface area contributed by atoms with Crippen molar-refractivity contribution >= 4 is 5.78 Å². The summed E-state index contributed by atoms with van der Waals surface area (Å²) >= 11 is 0. The number of likely N-dealkylation sites (tertiary alicyclic amines) is 1. The van der Waals surface area contributed by atoms with Crippen molar-refractivity contribution in [2.24, 2.45) is 11.8 Å². The van der Waals surface area contributed by atoms with Gasteiger partial charge < -0.3 is 0 Å². The molecule has 0 bridgehead atoms. The average Bonchev–Trinajstić information content (AvgIpc) is 2.81. The second-order valence-electron chi connectivity index (χ2n) is 6.72. The molecule has 1 aromatic rings. The van der Waals surface area contributed by atoms with Crippen molar-refractivity contribution in [1.29, 1.82) is 0 Å². The van der Waals surface area contributed by atoms with Gasteiger partial charge in [0, 0.05) is 19.5 Å². The van der Waals surface area contributed by atoms with Crippen LogP contribution in [0.4, 0.5) is 0 Å². The lowest BCUT2D eigenvalue weighted by molar-refractivity contribution is -0.134. The maximum absolute atomic E-state index is 12.9. The summed E-state index contributed by atoms with van der Waals surface area (Å²) in [7, 11) is 0. The summed E-state index contributed by atoms with van der Waals surface area (Å²) < 4.78 is 0. The Hall–Kier alpha value is -1.15. The van der Waals surface area contributed by atoms with Gasteiger partial charge in [-0.25, -0.2) is 0 Å². The van der Waals surface area contributed by atoms with E-state index in [1.807, 2.05) is 6.07 Å². The van der Waals surface area contributed by atoms with Gasteiger partial charge in [0.15, 0.2) is 5.78 Å². The Labute approximate surface area is 122 Å². The summed E-state index contributed by atoms with van der Waals surface area (Å²) in [6.45, 7) is 6.75. The van der Waals surface area contributed by atoms with Crippen molar-refractivity contribution in [1.82, 2.24) is 4.90 Å². The van der Waals surface area contributed by atoms with Crippen LogP contribution in [0.2, 0.25) is 0 Å². The second kappa shape index (κ2) is 5.33. The number of rotatable bonds is 2. The van der Waals surface area contributed by atoms with Gasteiger partial charge in [0.25, 0.3) is 0 Å². The molecule has 1 aliphatic carbocycles. The van der Waals surface area contributed by atoms with E-state index in [0.717, 1.165) is 32.4 Å². The molecule has 3 rings (SSSR count). The lowest BCUT2D eigenvalue weighted by atomic mass is 9.74. The number of benzene rings is 1. The van der Waals surface area contributed by atoms with E-state index in [4.69, 9.17) is 0 Å². The van der Waals surface area contributed by atoms with Crippen LogP contribution in [0, 0.1) is 11.8 Å². The molecule has 108 valence electrons. The molecule has 2 aliphatic rings. The zero-order valence-electron chi connectivity index (χ0n) is 12.6. The lowest BCUT2D eigenvalue weighted by Crippen LogP contribution is -2.52. The topological polar surface area (TPSA) is 20.3 Å². The Morgan fingerprint density at radius 2 is 1.70 bits per heavy atom. The van der Waals surface area contributed by atoms with Gasteiger partial charge in [0.1, 0.15) is 5.54 Å². The standard InChI is InChI=1S/C18H25NO/c1-14-12-19(13-15(14)2)18(11-7-6-10-17(18)20)16-8-4-3-5-9-16/h3-5,8-9,14-15H,6-7,10-13H2,1-2H3. The van der Waals surface area contributed by atoms with E-state index < -0.39 is 0 Å². The van der Waals surface area contributed by atoms with Crippen molar-refractivity contribution in [2.75, 3.05) is 13.1 Å². The fourth-order valence-electron chi connectivity index (χ4n) is 3.99. The summed E-state index contributed by atoms with van der Waals surface area (Å²) in [6, 6.07) is 10.5. The van der Waals surface area contributed by atoms with Gasteiger partial charge in [0.2, 0.25) is 0 Å². The van der Waals surface area contributed by atoms with Gasteiger partial charge in [-0.05, 0) is 30.2 Å². The number of carbonyl (C=O) groups excluding carboxylic acids is 1. The molecular weight excluding hydrogens is 246 g/mol. The van der Waals surface area contributed by atoms with Crippen molar-refractivity contribution < 1.29 is 4.79 Å². The Balaban J connectivity index is 2.02. The zero-order valence-corrected chi connectivity index (χ0v) is 12.6.